The molecular weight excluding hydrogens is 498 g/mol. The van der Waals surface area contributed by atoms with Gasteiger partial charge in [-0.1, -0.05) is 12.2 Å². The number of hydrogen-bond acceptors (Lipinski definition) is 5. The first-order valence-corrected chi connectivity index (χ1v) is 11.3. The van der Waals surface area contributed by atoms with Gasteiger partial charge in [-0.25, -0.2) is 9.37 Å². The number of nitrogens with zero attached hydrogens (tertiary/aromatic N) is 4. The van der Waals surface area contributed by atoms with Crippen LogP contribution in [0, 0.1) is 29.0 Å². The van der Waals surface area contributed by atoms with Gasteiger partial charge in [0.2, 0.25) is 0 Å². The fourth-order valence-corrected chi connectivity index (χ4v) is 5.84. The summed E-state index contributed by atoms with van der Waals surface area (Å²) in [6.45, 7) is 0. The summed E-state index contributed by atoms with van der Waals surface area (Å²) >= 11 is 5.60. The molecule has 184 valence electrons. The number of alkyl halides is 3. The van der Waals surface area contributed by atoms with E-state index in [0.29, 0.717) is 18.9 Å². The highest BCUT2D eigenvalue weighted by Crippen LogP contribution is 2.58. The fraction of sp³-hybridized carbons (Fsp3) is 0.292. The monoisotopic (exact) mass is 515 g/mol. The number of nitrogens with one attached hydrogen (secondary N) is 1. The number of amides is 2. The number of rotatable bonds is 3. The average molecular weight is 515 g/mol. The Morgan fingerprint density at radius 1 is 1.31 bits per heavy atom. The Kier molecular flexibility index (Phi) is 5.37. The Labute approximate surface area is 208 Å². The van der Waals surface area contributed by atoms with E-state index in [1.165, 1.54) is 30.1 Å². The lowest BCUT2D eigenvalue weighted by Crippen LogP contribution is -2.65. The zero-order chi connectivity index (χ0) is 26.0. The molecule has 5 rings (SSSR count). The predicted molar refractivity (Wildman–Crippen MR) is 124 cm³/mol. The molecule has 1 aromatic carbocycles. The number of nitriles is 1. The van der Waals surface area contributed by atoms with E-state index in [1.807, 2.05) is 12.2 Å². The fourth-order valence-electron chi connectivity index (χ4n) is 5.38. The molecule has 3 aliphatic rings. The first kappa shape index (κ1) is 23.9. The van der Waals surface area contributed by atoms with Gasteiger partial charge in [-0.15, -0.1) is 0 Å². The van der Waals surface area contributed by atoms with Gasteiger partial charge < -0.3 is 10.2 Å². The number of carbonyl (C=O) groups excluding carboxylic acids is 2. The van der Waals surface area contributed by atoms with Crippen molar-refractivity contribution in [1.82, 2.24) is 10.3 Å². The minimum Gasteiger partial charge on any atom is -0.355 e. The summed E-state index contributed by atoms with van der Waals surface area (Å²) in [4.78, 5) is 31.9. The highest BCUT2D eigenvalue weighted by atomic mass is 32.1. The minimum absolute atomic E-state index is 0.0685. The Morgan fingerprint density at radius 3 is 2.67 bits per heavy atom. The molecule has 36 heavy (non-hydrogen) atoms. The molecule has 12 heteroatoms. The van der Waals surface area contributed by atoms with Gasteiger partial charge >= 0.3 is 6.18 Å². The molecule has 1 saturated carbocycles. The van der Waals surface area contributed by atoms with Crippen LogP contribution in [0.5, 0.6) is 0 Å². The smallest absolute Gasteiger partial charge is 0.355 e. The number of pyridine rings is 1. The zero-order valence-corrected chi connectivity index (χ0v) is 19.5. The van der Waals surface area contributed by atoms with E-state index in [1.54, 1.807) is 0 Å². The van der Waals surface area contributed by atoms with Gasteiger partial charge in [-0.2, -0.15) is 18.4 Å². The van der Waals surface area contributed by atoms with Crippen LogP contribution >= 0.6 is 12.2 Å². The van der Waals surface area contributed by atoms with Crippen molar-refractivity contribution < 1.29 is 27.2 Å². The molecule has 3 atom stereocenters. The number of thiocarbonyl (C=S) groups is 1. The summed E-state index contributed by atoms with van der Waals surface area (Å²) in [5, 5.41) is 11.3. The predicted octanol–water partition coefficient (Wildman–Crippen LogP) is 3.94. The summed E-state index contributed by atoms with van der Waals surface area (Å²) in [6, 6.07) is 5.88. The van der Waals surface area contributed by atoms with Crippen molar-refractivity contribution in [3.8, 4) is 6.07 Å². The number of anilines is 2. The van der Waals surface area contributed by atoms with E-state index in [4.69, 9.17) is 17.5 Å². The molecule has 2 aromatic rings. The highest BCUT2D eigenvalue weighted by molar-refractivity contribution is 7.81. The molecule has 0 bridgehead atoms. The van der Waals surface area contributed by atoms with Crippen molar-refractivity contribution in [2.24, 2.45) is 11.8 Å². The van der Waals surface area contributed by atoms with Crippen LogP contribution in [0.15, 0.2) is 42.6 Å². The minimum atomic E-state index is -4.88. The second-order valence-electron chi connectivity index (χ2n) is 8.76. The quantitative estimate of drug-likeness (QED) is 0.379. The van der Waals surface area contributed by atoms with E-state index in [9.17, 15) is 27.2 Å². The van der Waals surface area contributed by atoms with Crippen LogP contribution in [0.25, 0.3) is 0 Å². The third-order valence-corrected chi connectivity index (χ3v) is 7.40. The lowest BCUT2D eigenvalue weighted by Gasteiger charge is -2.52. The topological polar surface area (TPSA) is 89.3 Å². The third kappa shape index (κ3) is 3.22. The van der Waals surface area contributed by atoms with Crippen molar-refractivity contribution in [2.45, 2.75) is 24.6 Å². The molecule has 0 radical (unpaired) electrons. The Morgan fingerprint density at radius 2 is 2.06 bits per heavy atom. The molecule has 1 N–H and O–H groups in total. The second kappa shape index (κ2) is 8.09. The first-order chi connectivity index (χ1) is 17.0. The lowest BCUT2D eigenvalue weighted by molar-refractivity contribution is -0.138. The summed E-state index contributed by atoms with van der Waals surface area (Å²) in [7, 11) is 1.36. The van der Waals surface area contributed by atoms with Crippen molar-refractivity contribution in [2.75, 3.05) is 16.8 Å². The molecule has 2 aliphatic carbocycles. The number of hydrogen-bond donors (Lipinski definition) is 1. The van der Waals surface area contributed by atoms with Crippen LogP contribution in [0.4, 0.5) is 28.9 Å². The van der Waals surface area contributed by atoms with Gasteiger partial charge in [0.15, 0.2) is 10.8 Å². The van der Waals surface area contributed by atoms with Gasteiger partial charge in [-0.3, -0.25) is 14.5 Å². The van der Waals surface area contributed by atoms with E-state index in [2.05, 4.69) is 10.3 Å². The van der Waals surface area contributed by atoms with Crippen molar-refractivity contribution >= 4 is 40.5 Å². The lowest BCUT2D eigenvalue weighted by atomic mass is 9.59. The molecule has 3 unspecified atom stereocenters. The van der Waals surface area contributed by atoms with E-state index in [0.717, 1.165) is 17.2 Å². The molecule has 1 aromatic heterocycles. The zero-order valence-electron chi connectivity index (χ0n) is 18.6. The third-order valence-electron chi connectivity index (χ3n) is 7.03. The van der Waals surface area contributed by atoms with Crippen LogP contribution in [0.2, 0.25) is 0 Å². The van der Waals surface area contributed by atoms with Crippen molar-refractivity contribution in [3.63, 3.8) is 0 Å². The SMILES string of the molecule is CNC(=O)c1ccc(N2C(=S)N(c3cnc(C#N)c(C(F)(F)F)c3)C(=O)C23CC2C=CCC23)cc1F. The summed E-state index contributed by atoms with van der Waals surface area (Å²) in [5.74, 6) is -2.17. The Hall–Kier alpha value is -3.85. The maximum Gasteiger partial charge on any atom is 0.419 e. The molecule has 2 heterocycles. The van der Waals surface area contributed by atoms with Crippen molar-refractivity contribution in [3.05, 3.63) is 65.3 Å². The molecular formula is C24H17F4N5O2S. The number of halogens is 4. The molecule has 2 fully saturated rings. The highest BCUT2D eigenvalue weighted by Gasteiger charge is 2.68. The van der Waals surface area contributed by atoms with Gasteiger partial charge in [0, 0.05) is 18.7 Å². The molecule has 1 spiro atoms. The normalized spacial score (nSPS) is 24.7. The van der Waals surface area contributed by atoms with Crippen LogP contribution in [0.3, 0.4) is 0 Å². The maximum absolute atomic E-state index is 14.9. The first-order valence-electron chi connectivity index (χ1n) is 10.9. The Bertz CT molecular complexity index is 1400. The molecule has 2 amide bonds. The summed E-state index contributed by atoms with van der Waals surface area (Å²) < 4.78 is 55.7. The van der Waals surface area contributed by atoms with Gasteiger partial charge in [0.25, 0.3) is 11.8 Å². The van der Waals surface area contributed by atoms with Crippen LogP contribution in [-0.4, -0.2) is 34.5 Å². The Balaban J connectivity index is 1.64. The van der Waals surface area contributed by atoms with Gasteiger partial charge in [0.1, 0.15) is 17.4 Å². The molecule has 7 nitrogen and oxygen atoms in total. The van der Waals surface area contributed by atoms with Crippen LogP contribution in [-0.2, 0) is 11.0 Å². The van der Waals surface area contributed by atoms with Gasteiger partial charge in [-0.05, 0) is 55.2 Å². The number of aromatic nitrogens is 1. The standard InChI is InChI=1S/C24H17F4N5O2S/c1-30-20(34)15-6-5-13(8-18(15)25)33-22(36)32(21(35)23(33)9-12-3-2-4-16(12)23)14-7-17(24(26,27)28)19(10-29)31-11-14/h2-3,5-8,11-12,16H,4,9H2,1H3,(H,30,34). The number of fused-ring (bicyclic) bond motifs is 2. The number of benzene rings is 1. The number of allylic oxidation sites excluding steroid dienone is 2. The van der Waals surface area contributed by atoms with E-state index in [-0.39, 0.29) is 33.9 Å². The summed E-state index contributed by atoms with van der Waals surface area (Å²) in [6.07, 6.45) is 0.897. The molecule has 1 saturated heterocycles. The largest absolute Gasteiger partial charge is 0.419 e. The van der Waals surface area contributed by atoms with Crippen LogP contribution < -0.4 is 15.1 Å². The number of carbonyl (C=O) groups is 2. The average Bonchev–Trinajstić information content (AvgIpc) is 3.32. The van der Waals surface area contributed by atoms with Gasteiger partial charge in [0.05, 0.1) is 23.0 Å². The van der Waals surface area contributed by atoms with E-state index < -0.39 is 40.6 Å². The second-order valence-corrected chi connectivity index (χ2v) is 9.13. The maximum atomic E-state index is 14.9. The summed E-state index contributed by atoms with van der Waals surface area (Å²) in [5.41, 5.74) is -3.60. The molecule has 1 aliphatic heterocycles. The van der Waals surface area contributed by atoms with E-state index >= 15 is 0 Å². The van der Waals surface area contributed by atoms with Crippen molar-refractivity contribution in [1.29, 1.82) is 5.26 Å². The van der Waals surface area contributed by atoms with Crippen LogP contribution in [0.1, 0.15) is 34.5 Å².